The van der Waals surface area contributed by atoms with Crippen LogP contribution in [0.3, 0.4) is 0 Å². The summed E-state index contributed by atoms with van der Waals surface area (Å²) in [5.41, 5.74) is 2.23. The van der Waals surface area contributed by atoms with Gasteiger partial charge in [-0.15, -0.1) is 0 Å². The van der Waals surface area contributed by atoms with Crippen molar-refractivity contribution in [2.45, 2.75) is 234 Å². The highest BCUT2D eigenvalue weighted by molar-refractivity contribution is 5.82. The number of likely N-dealkylation sites (tertiary alicyclic amines) is 1. The van der Waals surface area contributed by atoms with E-state index >= 15 is 0 Å². The van der Waals surface area contributed by atoms with Crippen molar-refractivity contribution in [1.29, 1.82) is 0 Å². The second kappa shape index (κ2) is 30.0. The number of nitrogens with zero attached hydrogens (tertiary/aromatic N) is 1. The van der Waals surface area contributed by atoms with E-state index in [1.54, 1.807) is 0 Å². The largest absolute Gasteiger partial charge is 0.446 e. The van der Waals surface area contributed by atoms with Gasteiger partial charge in [-0.1, -0.05) is 149 Å². The van der Waals surface area contributed by atoms with Crippen LogP contribution in [0.2, 0.25) is 0 Å². The Hall–Kier alpha value is -1.90. The molecule has 3 saturated carbocycles. The first-order valence-electron chi connectivity index (χ1n) is 28.5. The van der Waals surface area contributed by atoms with Gasteiger partial charge < -0.3 is 29.7 Å². The molecule has 0 spiro atoms. The molecule has 0 aromatic carbocycles. The molecule has 0 aromatic heterocycles. The van der Waals surface area contributed by atoms with Gasteiger partial charge in [-0.3, -0.25) is 4.79 Å². The Kier molecular flexibility index (Phi) is 25.0. The molecule has 5 aliphatic rings. The van der Waals surface area contributed by atoms with Crippen LogP contribution in [0.15, 0.2) is 23.8 Å². The number of hydrogen-bond donors (Lipinski definition) is 2. The lowest BCUT2D eigenvalue weighted by Gasteiger charge is -2.58. The maximum atomic E-state index is 13.0. The summed E-state index contributed by atoms with van der Waals surface area (Å²) in [6.45, 7) is 20.0. The Labute approximate surface area is 406 Å². The summed E-state index contributed by atoms with van der Waals surface area (Å²) in [6.07, 6.45) is 42.5. The van der Waals surface area contributed by atoms with E-state index < -0.39 is 6.09 Å². The molecule has 9 atom stereocenters. The van der Waals surface area contributed by atoms with Crippen molar-refractivity contribution in [3.05, 3.63) is 23.8 Å². The second-order valence-electron chi connectivity index (χ2n) is 23.1. The van der Waals surface area contributed by atoms with Gasteiger partial charge >= 0.3 is 6.09 Å². The minimum Gasteiger partial charge on any atom is -0.446 e. The van der Waals surface area contributed by atoms with E-state index in [0.717, 1.165) is 87.4 Å². The van der Waals surface area contributed by atoms with Crippen molar-refractivity contribution in [1.82, 2.24) is 15.5 Å². The number of nitrogens with one attached hydrogen (secondary N) is 2. The van der Waals surface area contributed by atoms with Crippen molar-refractivity contribution in [3.63, 3.8) is 0 Å². The van der Waals surface area contributed by atoms with E-state index in [-0.39, 0.29) is 30.1 Å². The van der Waals surface area contributed by atoms with Crippen LogP contribution >= 0.6 is 0 Å². The summed E-state index contributed by atoms with van der Waals surface area (Å²) in [5, 5.41) is 5.67. The maximum Gasteiger partial charge on any atom is 0.407 e. The number of rotatable bonds is 32. The first-order valence-corrected chi connectivity index (χ1v) is 28.5. The van der Waals surface area contributed by atoms with Gasteiger partial charge in [0.1, 0.15) is 6.10 Å². The lowest BCUT2D eigenvalue weighted by Crippen LogP contribution is -2.51. The molecule has 0 radical (unpaired) electrons. The van der Waals surface area contributed by atoms with Crippen molar-refractivity contribution in [2.75, 3.05) is 52.5 Å². The van der Waals surface area contributed by atoms with Crippen LogP contribution < -0.4 is 10.6 Å². The zero-order valence-electron chi connectivity index (χ0n) is 43.8. The van der Waals surface area contributed by atoms with Crippen LogP contribution in [0.5, 0.6) is 0 Å². The number of hydrogen-bond acceptors (Lipinski definition) is 6. The van der Waals surface area contributed by atoms with Gasteiger partial charge in [0.25, 0.3) is 0 Å². The number of allylic oxidation sites excluding steroid dienone is 3. The van der Waals surface area contributed by atoms with Gasteiger partial charge in [-0.05, 0) is 149 Å². The summed E-state index contributed by atoms with van der Waals surface area (Å²) >= 11 is 0. The quantitative estimate of drug-likeness (QED) is 0.0516. The van der Waals surface area contributed by atoms with Gasteiger partial charge in [-0.2, -0.15) is 0 Å². The SMILES string of the molecule is CCCCCCCCC=CCCCCCCCCOCC(CN1CCCCC1)OCCNC(=O)CNC(=O)O[C@H]1CC[C@@]2(C)C(=CC[C@H]3C4CCC(C(C)CCCC(C)C)[C@@]4(C)CC[C@@H]32)C1. The van der Waals surface area contributed by atoms with E-state index in [9.17, 15) is 9.59 Å². The Morgan fingerprint density at radius 3 is 2.23 bits per heavy atom. The fourth-order valence-corrected chi connectivity index (χ4v) is 13.8. The molecular formula is C58H103N3O5. The minimum atomic E-state index is -0.488. The molecule has 8 heteroatoms. The Balaban J connectivity index is 0.919. The normalized spacial score (nSPS) is 28.7. The predicted octanol–water partition coefficient (Wildman–Crippen LogP) is 14.2. The molecule has 0 bridgehead atoms. The molecule has 1 aliphatic heterocycles. The zero-order valence-corrected chi connectivity index (χ0v) is 43.8. The zero-order chi connectivity index (χ0) is 47.0. The van der Waals surface area contributed by atoms with Crippen molar-refractivity contribution >= 4 is 12.0 Å². The van der Waals surface area contributed by atoms with Gasteiger partial charge in [0, 0.05) is 26.1 Å². The molecule has 1 saturated heterocycles. The van der Waals surface area contributed by atoms with Crippen molar-refractivity contribution in [3.8, 4) is 0 Å². The molecule has 380 valence electrons. The number of fused-ring (bicyclic) bond motifs is 5. The van der Waals surface area contributed by atoms with E-state index in [1.165, 1.54) is 160 Å². The van der Waals surface area contributed by atoms with Crippen molar-refractivity contribution in [2.24, 2.45) is 46.3 Å². The summed E-state index contributed by atoms with van der Waals surface area (Å²) in [7, 11) is 0. The Morgan fingerprint density at radius 2 is 1.50 bits per heavy atom. The van der Waals surface area contributed by atoms with Crippen LogP contribution in [0.1, 0.15) is 221 Å². The molecular weight excluding hydrogens is 819 g/mol. The number of ether oxygens (including phenoxy) is 3. The van der Waals surface area contributed by atoms with Gasteiger partial charge in [0.15, 0.2) is 0 Å². The monoisotopic (exact) mass is 922 g/mol. The van der Waals surface area contributed by atoms with Gasteiger partial charge in [-0.25, -0.2) is 4.79 Å². The summed E-state index contributed by atoms with van der Waals surface area (Å²) in [5.74, 6) is 4.67. The first kappa shape index (κ1) is 55.0. The number of amides is 2. The molecule has 2 amide bonds. The third kappa shape index (κ3) is 17.8. The van der Waals surface area contributed by atoms with Crippen LogP contribution in [0, 0.1) is 46.3 Å². The maximum absolute atomic E-state index is 13.0. The molecule has 1 heterocycles. The van der Waals surface area contributed by atoms with Crippen LogP contribution in [0.25, 0.3) is 0 Å². The molecule has 4 fully saturated rings. The van der Waals surface area contributed by atoms with E-state index in [4.69, 9.17) is 14.2 Å². The second-order valence-corrected chi connectivity index (χ2v) is 23.1. The fourth-order valence-electron chi connectivity index (χ4n) is 13.8. The highest BCUT2D eigenvalue weighted by Crippen LogP contribution is 2.67. The van der Waals surface area contributed by atoms with E-state index in [2.05, 4.69) is 75.3 Å². The smallest absolute Gasteiger partial charge is 0.407 e. The molecule has 8 nitrogen and oxygen atoms in total. The van der Waals surface area contributed by atoms with Crippen LogP contribution in [-0.4, -0.2) is 81.7 Å². The molecule has 0 aromatic rings. The standard InChI is InChI=1S/C58H103N3O5/c1-7-8-9-10-11-12-13-14-15-16-17-18-19-20-21-25-40-64-45-50(44-61-38-23-22-24-39-61)65-41-37-59-55(62)43-60-56(63)66-49-33-35-57(5)48(42-49)29-30-51-53-32-31-52(47(4)28-26-27-46(2)3)58(53,6)36-34-54(51)57/h14-15,29,46-47,49-54H,7-13,16-28,30-45H2,1-6H3,(H,59,62)(H,60,63)/t47?,49-,50?,51-,52?,53?,54-,57-,58+/m0/s1. The minimum absolute atomic E-state index is 0.0174. The highest BCUT2D eigenvalue weighted by Gasteiger charge is 2.59. The third-order valence-corrected chi connectivity index (χ3v) is 17.7. The molecule has 5 rings (SSSR count). The average Bonchev–Trinajstić information content (AvgIpc) is 3.67. The molecule has 4 aliphatic carbocycles. The highest BCUT2D eigenvalue weighted by atomic mass is 16.6. The topological polar surface area (TPSA) is 89.1 Å². The molecule has 66 heavy (non-hydrogen) atoms. The first-order chi connectivity index (χ1) is 32.0. The number of carbonyl (C=O) groups is 2. The van der Waals surface area contributed by atoms with Crippen LogP contribution in [-0.2, 0) is 19.0 Å². The van der Waals surface area contributed by atoms with E-state index in [1.807, 2.05) is 0 Å². The van der Waals surface area contributed by atoms with Crippen molar-refractivity contribution < 1.29 is 23.8 Å². The number of piperidine rings is 1. The predicted molar refractivity (Wildman–Crippen MR) is 275 cm³/mol. The third-order valence-electron chi connectivity index (χ3n) is 17.7. The van der Waals surface area contributed by atoms with E-state index in [0.29, 0.717) is 25.2 Å². The summed E-state index contributed by atoms with van der Waals surface area (Å²) < 4.78 is 18.4. The fraction of sp³-hybridized carbons (Fsp3) is 0.897. The number of alkyl carbamates (subject to hydrolysis) is 1. The van der Waals surface area contributed by atoms with Crippen LogP contribution in [0.4, 0.5) is 4.79 Å². The molecule has 2 N–H and O–H groups in total. The summed E-state index contributed by atoms with van der Waals surface area (Å²) in [6, 6.07) is 0. The lowest BCUT2D eigenvalue weighted by atomic mass is 9.47. The average molecular weight is 922 g/mol. The lowest BCUT2D eigenvalue weighted by molar-refractivity contribution is -0.120. The molecule has 4 unspecified atom stereocenters. The Morgan fingerprint density at radius 1 is 0.788 bits per heavy atom. The summed E-state index contributed by atoms with van der Waals surface area (Å²) in [4.78, 5) is 28.2. The number of carbonyl (C=O) groups excluding carboxylic acids is 2. The van der Waals surface area contributed by atoms with Gasteiger partial charge in [0.2, 0.25) is 5.91 Å². The number of unbranched alkanes of at least 4 members (excludes halogenated alkanes) is 12. The van der Waals surface area contributed by atoms with Gasteiger partial charge in [0.05, 0.1) is 25.9 Å². The Bertz CT molecular complexity index is 1430.